The molecule has 4 aromatic rings. The highest BCUT2D eigenvalue weighted by Gasteiger charge is 2.24. The van der Waals surface area contributed by atoms with Crippen molar-refractivity contribution < 1.29 is 19.4 Å². The SMILES string of the molecule is CN(C)C(=O)c1c2cc(Cc3ccc(F)cc3)c[nH]c2c(O)c2c(O)ncc12. The molecule has 0 saturated heterocycles. The number of H-pyrrole nitrogens is 1. The summed E-state index contributed by atoms with van der Waals surface area (Å²) in [5.41, 5.74) is 2.45. The number of benzene rings is 2. The Morgan fingerprint density at radius 2 is 1.86 bits per heavy atom. The van der Waals surface area contributed by atoms with E-state index in [1.807, 2.05) is 6.07 Å². The molecular weight excluding hydrogens is 361 g/mol. The summed E-state index contributed by atoms with van der Waals surface area (Å²) in [6.45, 7) is 0. The number of nitrogens with zero attached hydrogens (tertiary/aromatic N) is 2. The molecule has 142 valence electrons. The van der Waals surface area contributed by atoms with Crippen LogP contribution in [-0.2, 0) is 6.42 Å². The average molecular weight is 379 g/mol. The minimum Gasteiger partial charge on any atom is -0.505 e. The zero-order chi connectivity index (χ0) is 20.0. The van der Waals surface area contributed by atoms with Gasteiger partial charge in [0.25, 0.3) is 5.91 Å². The number of carbonyl (C=O) groups is 1. The number of fused-ring (bicyclic) bond motifs is 2. The number of halogens is 1. The lowest BCUT2D eigenvalue weighted by Gasteiger charge is -2.16. The highest BCUT2D eigenvalue weighted by molar-refractivity contribution is 6.21. The molecule has 28 heavy (non-hydrogen) atoms. The number of amides is 1. The van der Waals surface area contributed by atoms with E-state index in [4.69, 9.17) is 0 Å². The number of aromatic amines is 1. The maximum Gasteiger partial charge on any atom is 0.254 e. The molecular formula is C21H18FN3O3. The molecule has 4 rings (SSSR count). The molecule has 2 aromatic heterocycles. The first-order valence-electron chi connectivity index (χ1n) is 8.66. The maximum absolute atomic E-state index is 13.1. The molecule has 0 aliphatic rings. The first-order chi connectivity index (χ1) is 13.4. The summed E-state index contributed by atoms with van der Waals surface area (Å²) >= 11 is 0. The van der Waals surface area contributed by atoms with Gasteiger partial charge in [-0.15, -0.1) is 0 Å². The van der Waals surface area contributed by atoms with Crippen LogP contribution >= 0.6 is 0 Å². The number of carbonyl (C=O) groups excluding carboxylic acids is 1. The van der Waals surface area contributed by atoms with Gasteiger partial charge in [-0.2, -0.15) is 0 Å². The van der Waals surface area contributed by atoms with Gasteiger partial charge in [0.05, 0.1) is 16.5 Å². The zero-order valence-electron chi connectivity index (χ0n) is 15.3. The average Bonchev–Trinajstić information content (AvgIpc) is 3.05. The van der Waals surface area contributed by atoms with E-state index in [0.29, 0.717) is 28.3 Å². The van der Waals surface area contributed by atoms with Crippen LogP contribution in [0, 0.1) is 5.82 Å². The van der Waals surface area contributed by atoms with Gasteiger partial charge in [-0.1, -0.05) is 12.1 Å². The molecule has 0 radical (unpaired) electrons. The van der Waals surface area contributed by atoms with Gasteiger partial charge >= 0.3 is 0 Å². The monoisotopic (exact) mass is 379 g/mol. The first kappa shape index (κ1) is 17.8. The highest BCUT2D eigenvalue weighted by Crippen LogP contribution is 2.41. The van der Waals surface area contributed by atoms with Crippen LogP contribution in [0.1, 0.15) is 21.5 Å². The quantitative estimate of drug-likeness (QED) is 0.508. The predicted octanol–water partition coefficient (Wildman–Crippen LogP) is 3.56. The van der Waals surface area contributed by atoms with Crippen molar-refractivity contribution in [2.24, 2.45) is 0 Å². The second-order valence-electron chi connectivity index (χ2n) is 6.89. The molecule has 1 amide bonds. The molecule has 2 heterocycles. The summed E-state index contributed by atoms with van der Waals surface area (Å²) in [4.78, 5) is 21.2. The van der Waals surface area contributed by atoms with Crippen LogP contribution in [0.15, 0.2) is 42.7 Å². The molecule has 0 bridgehead atoms. The third kappa shape index (κ3) is 2.81. The number of hydrogen-bond donors (Lipinski definition) is 3. The van der Waals surface area contributed by atoms with Crippen LogP contribution in [0.2, 0.25) is 0 Å². The van der Waals surface area contributed by atoms with Crippen LogP contribution in [0.5, 0.6) is 11.6 Å². The van der Waals surface area contributed by atoms with Gasteiger partial charge in [-0.05, 0) is 35.7 Å². The van der Waals surface area contributed by atoms with Crippen LogP contribution < -0.4 is 0 Å². The van der Waals surface area contributed by atoms with Crippen molar-refractivity contribution in [2.45, 2.75) is 6.42 Å². The zero-order valence-corrected chi connectivity index (χ0v) is 15.3. The Balaban J connectivity index is 1.96. The molecule has 0 atom stereocenters. The van der Waals surface area contributed by atoms with Crippen molar-refractivity contribution in [3.63, 3.8) is 0 Å². The van der Waals surface area contributed by atoms with Crippen LogP contribution in [-0.4, -0.2) is 45.1 Å². The summed E-state index contributed by atoms with van der Waals surface area (Å²) in [6.07, 6.45) is 3.62. The van der Waals surface area contributed by atoms with Crippen LogP contribution in [0.3, 0.4) is 0 Å². The largest absolute Gasteiger partial charge is 0.505 e. The van der Waals surface area contributed by atoms with Gasteiger partial charge in [0.15, 0.2) is 5.75 Å². The lowest BCUT2D eigenvalue weighted by molar-refractivity contribution is 0.0831. The molecule has 0 unspecified atom stereocenters. The highest BCUT2D eigenvalue weighted by atomic mass is 19.1. The van der Waals surface area contributed by atoms with Crippen molar-refractivity contribution in [1.82, 2.24) is 14.9 Å². The molecule has 0 aliphatic heterocycles. The van der Waals surface area contributed by atoms with E-state index in [1.54, 1.807) is 32.4 Å². The number of aromatic hydroxyl groups is 2. The van der Waals surface area contributed by atoms with E-state index in [9.17, 15) is 19.4 Å². The lowest BCUT2D eigenvalue weighted by Crippen LogP contribution is -2.22. The Hall–Kier alpha value is -3.61. The van der Waals surface area contributed by atoms with Gasteiger partial charge < -0.3 is 20.1 Å². The summed E-state index contributed by atoms with van der Waals surface area (Å²) < 4.78 is 13.1. The van der Waals surface area contributed by atoms with Crippen molar-refractivity contribution in [1.29, 1.82) is 0 Å². The van der Waals surface area contributed by atoms with Gasteiger partial charge in [-0.3, -0.25) is 4.79 Å². The smallest absolute Gasteiger partial charge is 0.254 e. The van der Waals surface area contributed by atoms with E-state index >= 15 is 0 Å². The maximum atomic E-state index is 13.1. The number of phenolic OH excluding ortho intramolecular Hbond substituents is 1. The van der Waals surface area contributed by atoms with Gasteiger partial charge in [0.2, 0.25) is 5.88 Å². The Bertz CT molecular complexity index is 1210. The Morgan fingerprint density at radius 1 is 1.14 bits per heavy atom. The number of rotatable bonds is 3. The number of phenols is 1. The van der Waals surface area contributed by atoms with Crippen molar-refractivity contribution >= 4 is 27.6 Å². The second kappa shape index (κ2) is 6.53. The Kier molecular flexibility index (Phi) is 4.15. The summed E-state index contributed by atoms with van der Waals surface area (Å²) in [6, 6.07) is 8.01. The Labute approximate surface area is 159 Å². The molecule has 0 fully saturated rings. The topological polar surface area (TPSA) is 89.5 Å². The molecule has 3 N–H and O–H groups in total. The van der Waals surface area contributed by atoms with E-state index in [1.165, 1.54) is 23.2 Å². The lowest BCUT2D eigenvalue weighted by atomic mass is 9.97. The van der Waals surface area contributed by atoms with Crippen molar-refractivity contribution in [3.8, 4) is 11.6 Å². The molecule has 7 heteroatoms. The molecule has 0 spiro atoms. The standard InChI is InChI=1S/C21H18FN3O3/c1-25(2)21(28)16-14-8-12(7-11-3-5-13(22)6-4-11)9-23-18(14)19(26)17-15(16)10-24-20(17)27/h3-6,8-10,23,26-27H,7H2,1-2H3. The minimum absolute atomic E-state index is 0.139. The Morgan fingerprint density at radius 3 is 2.54 bits per heavy atom. The van der Waals surface area contributed by atoms with E-state index in [-0.39, 0.29) is 28.7 Å². The predicted molar refractivity (Wildman–Crippen MR) is 104 cm³/mol. The third-order valence-electron chi connectivity index (χ3n) is 4.76. The molecule has 2 aromatic carbocycles. The fraction of sp³-hybridized carbons (Fsp3) is 0.143. The van der Waals surface area contributed by atoms with Gasteiger partial charge in [0, 0.05) is 37.3 Å². The van der Waals surface area contributed by atoms with E-state index in [2.05, 4.69) is 9.97 Å². The molecule has 0 saturated carbocycles. The second-order valence-corrected chi connectivity index (χ2v) is 6.89. The minimum atomic E-state index is -0.328. The number of nitrogens with one attached hydrogen (secondary N) is 1. The number of pyridine rings is 1. The van der Waals surface area contributed by atoms with Crippen LogP contribution in [0.4, 0.5) is 4.39 Å². The van der Waals surface area contributed by atoms with Gasteiger partial charge in [-0.25, -0.2) is 9.37 Å². The third-order valence-corrected chi connectivity index (χ3v) is 4.76. The summed E-state index contributed by atoms with van der Waals surface area (Å²) in [5.74, 6) is -1.06. The first-order valence-corrected chi connectivity index (χ1v) is 8.66. The van der Waals surface area contributed by atoms with Crippen LogP contribution in [0.25, 0.3) is 21.7 Å². The van der Waals surface area contributed by atoms with Gasteiger partial charge in [0.1, 0.15) is 5.82 Å². The molecule has 0 aliphatic carbocycles. The summed E-state index contributed by atoms with van der Waals surface area (Å²) in [7, 11) is 3.27. The van der Waals surface area contributed by atoms with E-state index < -0.39 is 0 Å². The molecule has 6 nitrogen and oxygen atoms in total. The van der Waals surface area contributed by atoms with E-state index in [0.717, 1.165) is 11.1 Å². The fourth-order valence-corrected chi connectivity index (χ4v) is 3.40. The summed E-state index contributed by atoms with van der Waals surface area (Å²) in [5, 5.41) is 21.7. The number of aromatic nitrogens is 2. The van der Waals surface area contributed by atoms with Crippen molar-refractivity contribution in [2.75, 3.05) is 14.1 Å². The fourth-order valence-electron chi connectivity index (χ4n) is 3.40. The number of hydrogen-bond acceptors (Lipinski definition) is 4. The normalized spacial score (nSPS) is 11.2. The van der Waals surface area contributed by atoms with Crippen molar-refractivity contribution in [3.05, 3.63) is 65.2 Å².